The van der Waals surface area contributed by atoms with E-state index < -0.39 is 0 Å². The summed E-state index contributed by atoms with van der Waals surface area (Å²) in [5, 5.41) is 0. The molecule has 0 radical (unpaired) electrons. The van der Waals surface area contributed by atoms with Crippen molar-refractivity contribution >= 4 is 42.2 Å². The monoisotopic (exact) mass is 382 g/mol. The molecule has 0 spiro atoms. The number of nitrogens with two attached hydrogens (primary N) is 1. The number of carbonyl (C=O) groups excluding carboxylic acids is 1. The second-order valence-electron chi connectivity index (χ2n) is 5.75. The van der Waals surface area contributed by atoms with Crippen molar-refractivity contribution in [1.82, 2.24) is 9.88 Å². The predicted octanol–water partition coefficient (Wildman–Crippen LogP) is 2.79. The Morgan fingerprint density at radius 3 is 2.32 bits per heavy atom. The zero-order valence-corrected chi connectivity index (χ0v) is 15.6. The van der Waals surface area contributed by atoms with Gasteiger partial charge in [0.25, 0.3) is 0 Å². The molecule has 1 aliphatic heterocycles. The second kappa shape index (κ2) is 10.1. The molecule has 7 heteroatoms. The lowest BCUT2D eigenvalue weighted by atomic mass is 10.1. The molecule has 0 saturated carbocycles. The van der Waals surface area contributed by atoms with Crippen LogP contribution < -0.4 is 10.6 Å². The molecule has 0 atom stereocenters. The molecule has 2 aromatic rings. The van der Waals surface area contributed by atoms with E-state index in [0.717, 1.165) is 43.2 Å². The van der Waals surface area contributed by atoms with E-state index in [1.165, 1.54) is 0 Å². The zero-order chi connectivity index (χ0) is 16.1. The largest absolute Gasteiger partial charge is 0.399 e. The first kappa shape index (κ1) is 21.1. The van der Waals surface area contributed by atoms with Crippen LogP contribution in [0.2, 0.25) is 0 Å². The number of benzene rings is 1. The summed E-state index contributed by atoms with van der Waals surface area (Å²) in [5.74, 6) is 1.19. The van der Waals surface area contributed by atoms with Gasteiger partial charge in [0.05, 0.1) is 0 Å². The van der Waals surface area contributed by atoms with Gasteiger partial charge in [-0.25, -0.2) is 4.98 Å². The molecular weight excluding hydrogens is 359 g/mol. The number of aryl methyl sites for hydroxylation is 1. The van der Waals surface area contributed by atoms with Gasteiger partial charge >= 0.3 is 0 Å². The first-order valence-corrected chi connectivity index (χ1v) is 8.01. The second-order valence-corrected chi connectivity index (χ2v) is 5.75. The maximum Gasteiger partial charge on any atom is 0.223 e. The van der Waals surface area contributed by atoms with Gasteiger partial charge in [0.2, 0.25) is 5.91 Å². The lowest BCUT2D eigenvalue weighted by Gasteiger charge is -2.35. The normalized spacial score (nSPS) is 13.6. The average Bonchev–Trinajstić information content (AvgIpc) is 2.62. The van der Waals surface area contributed by atoms with E-state index in [1.54, 1.807) is 6.20 Å². The molecule has 1 fully saturated rings. The van der Waals surface area contributed by atoms with Gasteiger partial charge in [-0.05, 0) is 30.2 Å². The number of nitrogen functional groups attached to an aromatic ring is 1. The Kier molecular flexibility index (Phi) is 8.52. The molecule has 1 aromatic heterocycles. The van der Waals surface area contributed by atoms with Crippen molar-refractivity contribution in [3.63, 3.8) is 0 Å². The summed E-state index contributed by atoms with van der Waals surface area (Å²) in [5.41, 5.74) is 7.74. The quantitative estimate of drug-likeness (QED) is 0.825. The Balaban J connectivity index is 0.00000156. The maximum atomic E-state index is 12.4. The van der Waals surface area contributed by atoms with E-state index in [4.69, 9.17) is 5.73 Å². The smallest absolute Gasteiger partial charge is 0.223 e. The predicted molar refractivity (Wildman–Crippen MR) is 107 cm³/mol. The number of para-hydroxylation sites is 1. The van der Waals surface area contributed by atoms with Crippen molar-refractivity contribution in [2.75, 3.05) is 36.8 Å². The highest BCUT2D eigenvalue weighted by Gasteiger charge is 2.21. The Labute approximate surface area is 161 Å². The molecule has 1 aliphatic rings. The highest BCUT2D eigenvalue weighted by atomic mass is 35.5. The third kappa shape index (κ3) is 5.51. The first-order chi connectivity index (χ1) is 11.2. The minimum atomic E-state index is 0. The van der Waals surface area contributed by atoms with Gasteiger partial charge in [-0.1, -0.05) is 24.3 Å². The Morgan fingerprint density at radius 1 is 1.00 bits per heavy atom. The minimum Gasteiger partial charge on any atom is -0.399 e. The van der Waals surface area contributed by atoms with E-state index in [-0.39, 0.29) is 30.7 Å². The van der Waals surface area contributed by atoms with Crippen LogP contribution in [-0.2, 0) is 11.2 Å². The van der Waals surface area contributed by atoms with Gasteiger partial charge in [0, 0.05) is 44.5 Å². The van der Waals surface area contributed by atoms with Crippen LogP contribution in [-0.4, -0.2) is 42.0 Å². The van der Waals surface area contributed by atoms with Crippen molar-refractivity contribution in [3.05, 3.63) is 54.2 Å². The van der Waals surface area contributed by atoms with Crippen molar-refractivity contribution in [2.24, 2.45) is 0 Å². The fraction of sp³-hybridized carbons (Fsp3) is 0.333. The van der Waals surface area contributed by atoms with Gasteiger partial charge in [-0.15, -0.1) is 24.8 Å². The molecule has 1 aromatic carbocycles. The molecule has 3 rings (SSSR count). The number of carbonyl (C=O) groups is 1. The van der Waals surface area contributed by atoms with E-state index in [9.17, 15) is 4.79 Å². The SMILES string of the molecule is Cl.Cl.Nc1ccccc1CCC(=O)N1CCN(c2ccccn2)CC1. The molecule has 136 valence electrons. The highest BCUT2D eigenvalue weighted by Crippen LogP contribution is 2.16. The van der Waals surface area contributed by atoms with E-state index in [1.807, 2.05) is 47.4 Å². The van der Waals surface area contributed by atoms with Crippen molar-refractivity contribution in [1.29, 1.82) is 0 Å². The van der Waals surface area contributed by atoms with Crippen LogP contribution in [0.5, 0.6) is 0 Å². The summed E-state index contributed by atoms with van der Waals surface area (Å²) in [6.45, 7) is 3.16. The average molecular weight is 383 g/mol. The van der Waals surface area contributed by atoms with Crippen molar-refractivity contribution in [3.8, 4) is 0 Å². The topological polar surface area (TPSA) is 62.5 Å². The summed E-state index contributed by atoms with van der Waals surface area (Å²) in [7, 11) is 0. The number of piperazine rings is 1. The fourth-order valence-electron chi connectivity index (χ4n) is 2.89. The van der Waals surface area contributed by atoms with Crippen molar-refractivity contribution < 1.29 is 4.79 Å². The van der Waals surface area contributed by atoms with Crippen LogP contribution in [0, 0.1) is 0 Å². The number of halogens is 2. The number of aromatic nitrogens is 1. The van der Waals surface area contributed by atoms with Crippen LogP contribution in [0.3, 0.4) is 0 Å². The number of amides is 1. The molecule has 0 aliphatic carbocycles. The zero-order valence-electron chi connectivity index (χ0n) is 14.0. The number of pyridine rings is 1. The third-order valence-corrected chi connectivity index (χ3v) is 4.27. The molecule has 0 bridgehead atoms. The number of hydrogen-bond acceptors (Lipinski definition) is 4. The fourth-order valence-corrected chi connectivity index (χ4v) is 2.89. The van der Waals surface area contributed by atoms with Gasteiger partial charge in [-0.2, -0.15) is 0 Å². The first-order valence-electron chi connectivity index (χ1n) is 8.01. The highest BCUT2D eigenvalue weighted by molar-refractivity contribution is 5.85. The third-order valence-electron chi connectivity index (χ3n) is 4.27. The Bertz CT molecular complexity index is 661. The lowest BCUT2D eigenvalue weighted by molar-refractivity contribution is -0.131. The van der Waals surface area contributed by atoms with E-state index in [0.29, 0.717) is 12.8 Å². The van der Waals surface area contributed by atoms with Crippen LogP contribution in [0.25, 0.3) is 0 Å². The van der Waals surface area contributed by atoms with E-state index in [2.05, 4.69) is 9.88 Å². The van der Waals surface area contributed by atoms with Gasteiger partial charge in [0.15, 0.2) is 0 Å². The molecule has 1 amide bonds. The molecular formula is C18H24Cl2N4O. The standard InChI is InChI=1S/C18H22N4O.2ClH/c19-16-6-2-1-5-15(16)8-9-18(23)22-13-11-21(12-14-22)17-7-3-4-10-20-17;;/h1-7,10H,8-9,11-14,19H2;2*1H. The summed E-state index contributed by atoms with van der Waals surface area (Å²) < 4.78 is 0. The molecule has 5 nitrogen and oxygen atoms in total. The van der Waals surface area contributed by atoms with Crippen LogP contribution in [0.1, 0.15) is 12.0 Å². The summed E-state index contributed by atoms with van der Waals surface area (Å²) in [6, 6.07) is 13.7. The van der Waals surface area contributed by atoms with Crippen LogP contribution >= 0.6 is 24.8 Å². The maximum absolute atomic E-state index is 12.4. The van der Waals surface area contributed by atoms with Crippen molar-refractivity contribution in [2.45, 2.75) is 12.8 Å². The van der Waals surface area contributed by atoms with Crippen LogP contribution in [0.4, 0.5) is 11.5 Å². The van der Waals surface area contributed by atoms with Gasteiger partial charge in [-0.3, -0.25) is 4.79 Å². The molecule has 25 heavy (non-hydrogen) atoms. The molecule has 2 N–H and O–H groups in total. The van der Waals surface area contributed by atoms with Crippen LogP contribution in [0.15, 0.2) is 48.7 Å². The number of hydrogen-bond donors (Lipinski definition) is 1. The Hall–Kier alpha value is -1.98. The van der Waals surface area contributed by atoms with Gasteiger partial charge < -0.3 is 15.5 Å². The van der Waals surface area contributed by atoms with Gasteiger partial charge in [0.1, 0.15) is 5.82 Å². The Morgan fingerprint density at radius 2 is 1.68 bits per heavy atom. The summed E-state index contributed by atoms with van der Waals surface area (Å²) >= 11 is 0. The summed E-state index contributed by atoms with van der Waals surface area (Å²) in [4.78, 5) is 20.9. The number of rotatable bonds is 4. The number of anilines is 2. The van der Waals surface area contributed by atoms with E-state index >= 15 is 0 Å². The molecule has 1 saturated heterocycles. The minimum absolute atomic E-state index is 0. The number of nitrogens with zero attached hydrogens (tertiary/aromatic N) is 3. The summed E-state index contributed by atoms with van der Waals surface area (Å²) in [6.07, 6.45) is 3.01. The lowest BCUT2D eigenvalue weighted by Crippen LogP contribution is -2.49. The molecule has 2 heterocycles. The molecule has 0 unspecified atom stereocenters.